The van der Waals surface area contributed by atoms with Gasteiger partial charge in [0.05, 0.1) is 12.3 Å². The van der Waals surface area contributed by atoms with Gasteiger partial charge in [-0.1, -0.05) is 30.3 Å². The number of carbonyl (C=O) groups excluding carboxylic acids is 1. The summed E-state index contributed by atoms with van der Waals surface area (Å²) in [6.45, 7) is 0. The van der Waals surface area contributed by atoms with Gasteiger partial charge in [-0.05, 0) is 17.7 Å². The molecule has 1 fully saturated rings. The lowest BCUT2D eigenvalue weighted by Crippen LogP contribution is -2.43. The van der Waals surface area contributed by atoms with Crippen LogP contribution in [0.1, 0.15) is 17.4 Å². The van der Waals surface area contributed by atoms with E-state index in [1.165, 1.54) is 0 Å². The summed E-state index contributed by atoms with van der Waals surface area (Å²) in [6.07, 6.45) is 1.63. The Bertz CT molecular complexity index is 551. The molecule has 3 rings (SSSR count). The van der Waals surface area contributed by atoms with E-state index in [9.17, 15) is 4.79 Å². The Morgan fingerprint density at radius 1 is 1.30 bits per heavy atom. The van der Waals surface area contributed by atoms with Gasteiger partial charge in [-0.3, -0.25) is 10.1 Å². The summed E-state index contributed by atoms with van der Waals surface area (Å²) in [5.74, 6) is 2.40. The second-order valence-corrected chi connectivity index (χ2v) is 5.67. The Hall–Kier alpha value is -1.72. The van der Waals surface area contributed by atoms with Crippen molar-refractivity contribution in [2.45, 2.75) is 12.1 Å². The van der Waals surface area contributed by atoms with E-state index in [1.807, 2.05) is 42.5 Å². The predicted molar refractivity (Wildman–Crippen MR) is 79.4 cm³/mol. The van der Waals surface area contributed by atoms with Crippen LogP contribution in [-0.2, 0) is 4.79 Å². The topological polar surface area (TPSA) is 54.3 Å². The second-order valence-electron chi connectivity index (χ2n) is 4.64. The van der Waals surface area contributed by atoms with Gasteiger partial charge >= 0.3 is 0 Å². The minimum Gasteiger partial charge on any atom is -0.467 e. The molecule has 20 heavy (non-hydrogen) atoms. The molecule has 1 aromatic heterocycles. The molecular formula is C15H16N2O2S. The fourth-order valence-electron chi connectivity index (χ4n) is 2.23. The maximum absolute atomic E-state index is 12.3. The maximum atomic E-state index is 12.3. The van der Waals surface area contributed by atoms with Crippen molar-refractivity contribution in [3.8, 4) is 0 Å². The van der Waals surface area contributed by atoms with Gasteiger partial charge < -0.3 is 9.73 Å². The van der Waals surface area contributed by atoms with Gasteiger partial charge in [0.1, 0.15) is 11.8 Å². The van der Waals surface area contributed by atoms with Crippen LogP contribution in [0.3, 0.4) is 0 Å². The minimum atomic E-state index is -0.244. The molecule has 0 radical (unpaired) electrons. The molecule has 1 aromatic carbocycles. The van der Waals surface area contributed by atoms with Crippen LogP contribution in [0.2, 0.25) is 0 Å². The predicted octanol–water partition coefficient (Wildman–Crippen LogP) is 2.15. The number of rotatable bonds is 4. The number of benzene rings is 1. The average molecular weight is 288 g/mol. The van der Waals surface area contributed by atoms with Gasteiger partial charge in [0.15, 0.2) is 0 Å². The van der Waals surface area contributed by atoms with Crippen LogP contribution in [0.15, 0.2) is 53.1 Å². The van der Waals surface area contributed by atoms with E-state index in [0.29, 0.717) is 0 Å². The number of furan rings is 1. The lowest BCUT2D eigenvalue weighted by molar-refractivity contribution is -0.123. The van der Waals surface area contributed by atoms with Crippen molar-refractivity contribution >= 4 is 17.7 Å². The van der Waals surface area contributed by atoms with Crippen molar-refractivity contribution in [2.75, 3.05) is 11.6 Å². The van der Waals surface area contributed by atoms with E-state index in [2.05, 4.69) is 10.6 Å². The third-order valence-corrected chi connectivity index (χ3v) is 4.22. The molecule has 1 aliphatic heterocycles. The van der Waals surface area contributed by atoms with Crippen molar-refractivity contribution in [3.63, 3.8) is 0 Å². The second kappa shape index (κ2) is 6.15. The highest BCUT2D eigenvalue weighted by Gasteiger charge is 2.26. The van der Waals surface area contributed by atoms with E-state index < -0.39 is 0 Å². The molecule has 2 atom stereocenters. The molecular weight excluding hydrogens is 272 g/mol. The van der Waals surface area contributed by atoms with Gasteiger partial charge in [-0.25, -0.2) is 0 Å². The first-order valence-electron chi connectivity index (χ1n) is 6.54. The smallest absolute Gasteiger partial charge is 0.238 e. The van der Waals surface area contributed by atoms with Crippen LogP contribution < -0.4 is 10.6 Å². The number of amides is 1. The van der Waals surface area contributed by atoms with Crippen molar-refractivity contribution in [3.05, 3.63) is 60.1 Å². The lowest BCUT2D eigenvalue weighted by Gasteiger charge is -2.19. The first-order valence-corrected chi connectivity index (χ1v) is 7.70. The van der Waals surface area contributed by atoms with Crippen LogP contribution in [0.5, 0.6) is 0 Å². The molecule has 0 bridgehead atoms. The Balaban J connectivity index is 1.81. The highest BCUT2D eigenvalue weighted by Crippen LogP contribution is 2.23. The first kappa shape index (κ1) is 13.3. The number of thioether (sulfide) groups is 1. The SMILES string of the molecule is O=C(NC(c1ccccc1)c1ccco1)C1CSCN1. The Labute approximate surface area is 121 Å². The van der Waals surface area contributed by atoms with Gasteiger partial charge in [0, 0.05) is 11.6 Å². The van der Waals surface area contributed by atoms with E-state index in [4.69, 9.17) is 4.42 Å². The van der Waals surface area contributed by atoms with Crippen LogP contribution in [0.25, 0.3) is 0 Å². The molecule has 2 heterocycles. The van der Waals surface area contributed by atoms with Crippen LogP contribution in [0.4, 0.5) is 0 Å². The zero-order chi connectivity index (χ0) is 13.8. The molecule has 1 amide bonds. The Kier molecular flexibility index (Phi) is 4.08. The number of hydrogen-bond acceptors (Lipinski definition) is 4. The van der Waals surface area contributed by atoms with Crippen molar-refractivity contribution in [1.82, 2.24) is 10.6 Å². The highest BCUT2D eigenvalue weighted by molar-refractivity contribution is 7.99. The number of hydrogen-bond donors (Lipinski definition) is 2. The van der Waals surface area contributed by atoms with E-state index >= 15 is 0 Å². The maximum Gasteiger partial charge on any atom is 0.238 e. The fraction of sp³-hybridized carbons (Fsp3) is 0.267. The van der Waals surface area contributed by atoms with Gasteiger partial charge in [0.25, 0.3) is 0 Å². The molecule has 0 aliphatic carbocycles. The number of nitrogens with one attached hydrogen (secondary N) is 2. The average Bonchev–Trinajstić information content (AvgIpc) is 3.18. The fourth-order valence-corrected chi connectivity index (χ4v) is 3.17. The Morgan fingerprint density at radius 2 is 2.15 bits per heavy atom. The zero-order valence-electron chi connectivity index (χ0n) is 10.9. The van der Waals surface area contributed by atoms with E-state index in [1.54, 1.807) is 18.0 Å². The van der Waals surface area contributed by atoms with Gasteiger partial charge in [-0.2, -0.15) is 0 Å². The first-order chi connectivity index (χ1) is 9.84. The van der Waals surface area contributed by atoms with Crippen molar-refractivity contribution in [2.24, 2.45) is 0 Å². The van der Waals surface area contributed by atoms with Crippen LogP contribution in [-0.4, -0.2) is 23.6 Å². The lowest BCUT2D eigenvalue weighted by atomic mass is 10.0. The summed E-state index contributed by atoms with van der Waals surface area (Å²) in [5.41, 5.74) is 1.02. The summed E-state index contributed by atoms with van der Waals surface area (Å²) in [5, 5.41) is 6.25. The van der Waals surface area contributed by atoms with Crippen molar-refractivity contribution in [1.29, 1.82) is 0 Å². The molecule has 1 saturated heterocycles. The molecule has 1 aliphatic rings. The molecule has 2 N–H and O–H groups in total. The highest BCUT2D eigenvalue weighted by atomic mass is 32.2. The van der Waals surface area contributed by atoms with Crippen LogP contribution in [0, 0.1) is 0 Å². The molecule has 0 spiro atoms. The Morgan fingerprint density at radius 3 is 2.80 bits per heavy atom. The summed E-state index contributed by atoms with van der Waals surface area (Å²) in [6, 6.07) is 13.2. The standard InChI is InChI=1S/C15H16N2O2S/c18-15(12-9-20-10-16-12)17-14(13-7-4-8-19-13)11-5-2-1-3-6-11/h1-8,12,14,16H,9-10H2,(H,17,18). The molecule has 5 heteroatoms. The minimum absolute atomic E-state index is 0.0141. The molecule has 4 nitrogen and oxygen atoms in total. The van der Waals surface area contributed by atoms with Crippen LogP contribution >= 0.6 is 11.8 Å². The molecule has 104 valence electrons. The molecule has 0 saturated carbocycles. The van der Waals surface area contributed by atoms with Crippen molar-refractivity contribution < 1.29 is 9.21 Å². The zero-order valence-corrected chi connectivity index (χ0v) is 11.7. The normalized spacial score (nSPS) is 19.7. The summed E-state index contributed by atoms with van der Waals surface area (Å²) < 4.78 is 5.47. The molecule has 2 unspecified atom stereocenters. The summed E-state index contributed by atoms with van der Waals surface area (Å²) in [7, 11) is 0. The third-order valence-electron chi connectivity index (χ3n) is 3.28. The summed E-state index contributed by atoms with van der Waals surface area (Å²) in [4.78, 5) is 12.3. The quantitative estimate of drug-likeness (QED) is 0.905. The summed E-state index contributed by atoms with van der Waals surface area (Å²) >= 11 is 1.74. The van der Waals surface area contributed by atoms with Gasteiger partial charge in [0.2, 0.25) is 5.91 Å². The molecule has 2 aromatic rings. The van der Waals surface area contributed by atoms with E-state index in [0.717, 1.165) is 23.0 Å². The van der Waals surface area contributed by atoms with Gasteiger partial charge in [-0.15, -0.1) is 11.8 Å². The van der Waals surface area contributed by atoms with E-state index in [-0.39, 0.29) is 18.0 Å². The number of carbonyl (C=O) groups is 1. The largest absolute Gasteiger partial charge is 0.467 e. The monoisotopic (exact) mass is 288 g/mol. The third kappa shape index (κ3) is 2.89.